The highest BCUT2D eigenvalue weighted by Gasteiger charge is 2.05. The van der Waals surface area contributed by atoms with Gasteiger partial charge in [-0.05, 0) is 38.0 Å². The number of nitrogens with zero attached hydrogens (tertiary/aromatic N) is 1. The summed E-state index contributed by atoms with van der Waals surface area (Å²) in [6, 6.07) is 7.79. The van der Waals surface area contributed by atoms with Crippen LogP contribution in [0.25, 0.3) is 5.69 Å². The van der Waals surface area contributed by atoms with Crippen molar-refractivity contribution in [2.75, 3.05) is 0 Å². The molecule has 3 nitrogen and oxygen atoms in total. The Kier molecular flexibility index (Phi) is 2.23. The Balaban J connectivity index is 2.68. The number of hydrogen-bond donors (Lipinski definition) is 1. The van der Waals surface area contributed by atoms with Crippen LogP contribution in [-0.2, 0) is 0 Å². The molecule has 78 valence electrons. The molecule has 1 heterocycles. The van der Waals surface area contributed by atoms with E-state index in [1.807, 2.05) is 25.5 Å². The van der Waals surface area contributed by atoms with Gasteiger partial charge in [-0.3, -0.25) is 14.6 Å². The van der Waals surface area contributed by atoms with Crippen LogP contribution in [0.3, 0.4) is 0 Å². The lowest BCUT2D eigenvalue weighted by atomic mass is 10.1. The molecule has 0 saturated heterocycles. The van der Waals surface area contributed by atoms with Crippen molar-refractivity contribution in [3.8, 4) is 5.69 Å². The highest BCUT2D eigenvalue weighted by molar-refractivity contribution is 5.43. The first-order valence-corrected chi connectivity index (χ1v) is 4.94. The summed E-state index contributed by atoms with van der Waals surface area (Å²) in [5.41, 5.74) is 4.23. The lowest BCUT2D eigenvalue weighted by molar-refractivity contribution is 0.827. The van der Waals surface area contributed by atoms with Gasteiger partial charge in [0.2, 0.25) is 0 Å². The van der Waals surface area contributed by atoms with E-state index in [-0.39, 0.29) is 5.56 Å². The molecule has 0 amide bonds. The zero-order chi connectivity index (χ0) is 11.0. The molecule has 0 atom stereocenters. The maximum Gasteiger partial charge on any atom is 0.264 e. The van der Waals surface area contributed by atoms with E-state index in [0.29, 0.717) is 0 Å². The van der Waals surface area contributed by atoms with Gasteiger partial charge >= 0.3 is 0 Å². The molecule has 1 aromatic heterocycles. The Morgan fingerprint density at radius 1 is 1.13 bits per heavy atom. The molecule has 1 aromatic carbocycles. The van der Waals surface area contributed by atoms with Gasteiger partial charge in [-0.15, -0.1) is 0 Å². The Morgan fingerprint density at radius 3 is 2.47 bits per heavy atom. The zero-order valence-corrected chi connectivity index (χ0v) is 9.16. The molecule has 1 N–H and O–H groups in total. The van der Waals surface area contributed by atoms with Gasteiger partial charge in [-0.1, -0.05) is 12.1 Å². The molecule has 0 unspecified atom stereocenters. The molecule has 0 radical (unpaired) electrons. The molecule has 0 spiro atoms. The highest BCUT2D eigenvalue weighted by Crippen LogP contribution is 2.15. The maximum atomic E-state index is 11.2. The number of H-pyrrole nitrogens is 1. The monoisotopic (exact) mass is 202 g/mol. The molecule has 3 heteroatoms. The molecule has 0 aliphatic heterocycles. The van der Waals surface area contributed by atoms with Crippen LogP contribution in [0.5, 0.6) is 0 Å². The van der Waals surface area contributed by atoms with Crippen molar-refractivity contribution in [3.63, 3.8) is 0 Å². The molecular weight excluding hydrogens is 188 g/mol. The minimum Gasteiger partial charge on any atom is -0.268 e. The van der Waals surface area contributed by atoms with Crippen LogP contribution in [0.1, 0.15) is 16.8 Å². The van der Waals surface area contributed by atoms with Gasteiger partial charge < -0.3 is 0 Å². The standard InChI is InChI=1S/C12H14N2O/c1-8-4-5-9(2)11(6-8)14-10(3)7-12(15)13-14/h4-7H,1-3H3,(H,13,15). The van der Waals surface area contributed by atoms with E-state index in [4.69, 9.17) is 0 Å². The fraction of sp³-hybridized carbons (Fsp3) is 0.250. The Labute approximate surface area is 88.4 Å². The summed E-state index contributed by atoms with van der Waals surface area (Å²) in [5, 5.41) is 2.79. The lowest BCUT2D eigenvalue weighted by Gasteiger charge is -2.09. The average Bonchev–Trinajstić information content (AvgIpc) is 2.50. The lowest BCUT2D eigenvalue weighted by Crippen LogP contribution is -2.06. The number of aromatic nitrogens is 2. The highest BCUT2D eigenvalue weighted by atomic mass is 16.1. The fourth-order valence-corrected chi connectivity index (χ4v) is 1.70. The van der Waals surface area contributed by atoms with E-state index in [2.05, 4.69) is 23.3 Å². The summed E-state index contributed by atoms with van der Waals surface area (Å²) in [7, 11) is 0. The SMILES string of the molecule is Cc1ccc(C)c(-n2[nH]c(=O)cc2C)c1. The van der Waals surface area contributed by atoms with Gasteiger partial charge in [0.15, 0.2) is 0 Å². The second-order valence-corrected chi connectivity index (χ2v) is 3.89. The van der Waals surface area contributed by atoms with Crippen LogP contribution < -0.4 is 5.56 Å². The van der Waals surface area contributed by atoms with Crippen LogP contribution in [0, 0.1) is 20.8 Å². The van der Waals surface area contributed by atoms with E-state index in [9.17, 15) is 4.79 Å². The Hall–Kier alpha value is -1.77. The van der Waals surface area contributed by atoms with Crippen molar-refractivity contribution in [2.45, 2.75) is 20.8 Å². The third-order valence-corrected chi connectivity index (χ3v) is 2.52. The maximum absolute atomic E-state index is 11.2. The first-order valence-electron chi connectivity index (χ1n) is 4.94. The summed E-state index contributed by atoms with van der Waals surface area (Å²) in [6.07, 6.45) is 0. The van der Waals surface area contributed by atoms with E-state index < -0.39 is 0 Å². The van der Waals surface area contributed by atoms with Crippen molar-refractivity contribution in [1.82, 2.24) is 9.78 Å². The molecule has 0 bridgehead atoms. The van der Waals surface area contributed by atoms with Crippen molar-refractivity contribution in [1.29, 1.82) is 0 Å². The van der Waals surface area contributed by atoms with E-state index in [1.54, 1.807) is 6.07 Å². The molecule has 0 fully saturated rings. The summed E-state index contributed by atoms with van der Waals surface area (Å²) in [4.78, 5) is 11.2. The number of aryl methyl sites for hydroxylation is 3. The number of benzene rings is 1. The van der Waals surface area contributed by atoms with E-state index >= 15 is 0 Å². The van der Waals surface area contributed by atoms with Crippen LogP contribution >= 0.6 is 0 Å². The van der Waals surface area contributed by atoms with Gasteiger partial charge in [0.05, 0.1) is 5.69 Å². The van der Waals surface area contributed by atoms with Gasteiger partial charge in [-0.25, -0.2) is 0 Å². The molecule has 15 heavy (non-hydrogen) atoms. The van der Waals surface area contributed by atoms with Crippen molar-refractivity contribution in [2.24, 2.45) is 0 Å². The van der Waals surface area contributed by atoms with Crippen LogP contribution in [0.4, 0.5) is 0 Å². The van der Waals surface area contributed by atoms with Gasteiger partial charge in [0.1, 0.15) is 0 Å². The molecule has 0 aliphatic rings. The van der Waals surface area contributed by atoms with Crippen LogP contribution in [0.15, 0.2) is 29.1 Å². The first-order chi connectivity index (χ1) is 7.08. The third kappa shape index (κ3) is 1.73. The van der Waals surface area contributed by atoms with Gasteiger partial charge in [-0.2, -0.15) is 0 Å². The number of hydrogen-bond acceptors (Lipinski definition) is 1. The minimum atomic E-state index is -0.0617. The predicted octanol–water partition coefficient (Wildman–Crippen LogP) is 2.09. The quantitative estimate of drug-likeness (QED) is 0.755. The average molecular weight is 202 g/mol. The molecule has 0 saturated carbocycles. The van der Waals surface area contributed by atoms with Crippen molar-refractivity contribution in [3.05, 3.63) is 51.4 Å². The second kappa shape index (κ2) is 3.42. The van der Waals surface area contributed by atoms with Crippen LogP contribution in [0.2, 0.25) is 0 Å². The summed E-state index contributed by atoms with van der Waals surface area (Å²) < 4.78 is 1.82. The molecule has 2 aromatic rings. The second-order valence-electron chi connectivity index (χ2n) is 3.89. The summed E-state index contributed by atoms with van der Waals surface area (Å²) in [5.74, 6) is 0. The summed E-state index contributed by atoms with van der Waals surface area (Å²) in [6.45, 7) is 5.99. The minimum absolute atomic E-state index is 0.0617. The van der Waals surface area contributed by atoms with E-state index in [0.717, 1.165) is 16.9 Å². The van der Waals surface area contributed by atoms with Crippen LogP contribution in [-0.4, -0.2) is 9.78 Å². The molecular formula is C12H14N2O. The first kappa shape index (κ1) is 9.77. The fourth-order valence-electron chi connectivity index (χ4n) is 1.70. The zero-order valence-electron chi connectivity index (χ0n) is 9.16. The number of rotatable bonds is 1. The van der Waals surface area contributed by atoms with Crippen molar-refractivity contribution < 1.29 is 0 Å². The Bertz CT molecular complexity index is 549. The van der Waals surface area contributed by atoms with Crippen molar-refractivity contribution >= 4 is 0 Å². The topological polar surface area (TPSA) is 37.8 Å². The largest absolute Gasteiger partial charge is 0.268 e. The predicted molar refractivity (Wildman–Crippen MR) is 60.6 cm³/mol. The number of aromatic amines is 1. The Morgan fingerprint density at radius 2 is 1.87 bits per heavy atom. The summed E-state index contributed by atoms with van der Waals surface area (Å²) >= 11 is 0. The molecule has 2 rings (SSSR count). The van der Waals surface area contributed by atoms with Gasteiger partial charge in [0.25, 0.3) is 5.56 Å². The molecule has 0 aliphatic carbocycles. The van der Waals surface area contributed by atoms with Gasteiger partial charge in [0, 0.05) is 11.8 Å². The smallest absolute Gasteiger partial charge is 0.264 e. The normalized spacial score (nSPS) is 10.6. The third-order valence-electron chi connectivity index (χ3n) is 2.52. The number of nitrogens with one attached hydrogen (secondary N) is 1. The van der Waals surface area contributed by atoms with E-state index in [1.165, 1.54) is 5.56 Å².